The Bertz CT molecular complexity index is 469. The molecule has 4 nitrogen and oxygen atoms in total. The molecule has 1 fully saturated rings. The number of aliphatic hydroxyl groups is 1. The van der Waals surface area contributed by atoms with E-state index in [1.54, 1.807) is 0 Å². The van der Waals surface area contributed by atoms with Crippen molar-refractivity contribution in [3.8, 4) is 11.5 Å². The van der Waals surface area contributed by atoms with Crippen LogP contribution in [0.25, 0.3) is 0 Å². The van der Waals surface area contributed by atoms with Crippen LogP contribution in [0.5, 0.6) is 11.5 Å². The highest BCUT2D eigenvalue weighted by molar-refractivity contribution is 5.43. The zero-order chi connectivity index (χ0) is 14.5. The topological polar surface area (TPSA) is 50.7 Å². The molecule has 0 atom stereocenters. The zero-order valence-corrected chi connectivity index (χ0v) is 12.6. The van der Waals surface area contributed by atoms with Crippen LogP contribution in [0.3, 0.4) is 0 Å². The summed E-state index contributed by atoms with van der Waals surface area (Å²) in [6, 6.07) is 6.08. The molecular weight excluding hydrogens is 266 g/mol. The summed E-state index contributed by atoms with van der Waals surface area (Å²) in [5, 5.41) is 13.9. The van der Waals surface area contributed by atoms with E-state index in [1.165, 1.54) is 12.0 Å². The van der Waals surface area contributed by atoms with Gasteiger partial charge >= 0.3 is 0 Å². The van der Waals surface area contributed by atoms with Crippen LogP contribution in [-0.4, -0.2) is 30.5 Å². The van der Waals surface area contributed by atoms with Crippen LogP contribution in [0.15, 0.2) is 18.2 Å². The lowest BCUT2D eigenvalue weighted by atomic mass is 9.85. The monoisotopic (exact) mass is 291 g/mol. The zero-order valence-electron chi connectivity index (χ0n) is 12.6. The number of nitrogens with one attached hydrogen (secondary N) is 1. The van der Waals surface area contributed by atoms with E-state index in [2.05, 4.69) is 11.4 Å². The lowest BCUT2D eigenvalue weighted by Gasteiger charge is -2.32. The summed E-state index contributed by atoms with van der Waals surface area (Å²) in [4.78, 5) is 0. The standard InChI is InChI=1S/C17H25NO3/c19-17(7-2-1-3-8-17)13-18-12-14-5-6-15-16(11-14)21-10-4-9-20-15/h5-6,11,18-19H,1-4,7-10,12-13H2. The van der Waals surface area contributed by atoms with E-state index in [4.69, 9.17) is 9.47 Å². The summed E-state index contributed by atoms with van der Waals surface area (Å²) < 4.78 is 11.3. The second-order valence-corrected chi connectivity index (χ2v) is 6.22. The van der Waals surface area contributed by atoms with E-state index >= 15 is 0 Å². The van der Waals surface area contributed by atoms with Gasteiger partial charge in [0.2, 0.25) is 0 Å². The van der Waals surface area contributed by atoms with Crippen molar-refractivity contribution >= 4 is 0 Å². The first-order valence-corrected chi connectivity index (χ1v) is 8.07. The fourth-order valence-electron chi connectivity index (χ4n) is 3.14. The highest BCUT2D eigenvalue weighted by Crippen LogP contribution is 2.31. The molecular formula is C17H25NO3. The van der Waals surface area contributed by atoms with E-state index in [0.29, 0.717) is 13.2 Å². The summed E-state index contributed by atoms with van der Waals surface area (Å²) in [6.07, 6.45) is 6.30. The van der Waals surface area contributed by atoms with Crippen molar-refractivity contribution in [2.75, 3.05) is 19.8 Å². The van der Waals surface area contributed by atoms with Gasteiger partial charge in [0.1, 0.15) is 0 Å². The summed E-state index contributed by atoms with van der Waals surface area (Å²) in [5.74, 6) is 1.67. The maximum absolute atomic E-state index is 10.5. The van der Waals surface area contributed by atoms with Crippen LogP contribution in [0, 0.1) is 0 Å². The highest BCUT2D eigenvalue weighted by Gasteiger charge is 2.28. The first kappa shape index (κ1) is 14.7. The third-order valence-electron chi connectivity index (χ3n) is 4.38. The Morgan fingerprint density at radius 1 is 1.00 bits per heavy atom. The largest absolute Gasteiger partial charge is 0.490 e. The van der Waals surface area contributed by atoms with Gasteiger partial charge in [0, 0.05) is 19.5 Å². The summed E-state index contributed by atoms with van der Waals surface area (Å²) >= 11 is 0. The molecule has 1 aromatic carbocycles. The van der Waals surface area contributed by atoms with Crippen LogP contribution in [0.1, 0.15) is 44.1 Å². The highest BCUT2D eigenvalue weighted by atomic mass is 16.5. The molecule has 0 spiro atoms. The minimum Gasteiger partial charge on any atom is -0.490 e. The predicted octanol–water partition coefficient (Wildman–Crippen LogP) is 2.63. The van der Waals surface area contributed by atoms with Crippen molar-refractivity contribution in [2.24, 2.45) is 0 Å². The maximum atomic E-state index is 10.5. The third kappa shape index (κ3) is 3.89. The van der Waals surface area contributed by atoms with Crippen molar-refractivity contribution < 1.29 is 14.6 Å². The predicted molar refractivity (Wildman–Crippen MR) is 81.8 cm³/mol. The van der Waals surface area contributed by atoms with Crippen molar-refractivity contribution in [1.82, 2.24) is 5.32 Å². The smallest absolute Gasteiger partial charge is 0.161 e. The van der Waals surface area contributed by atoms with E-state index in [0.717, 1.165) is 56.8 Å². The van der Waals surface area contributed by atoms with Gasteiger partial charge in [-0.1, -0.05) is 25.3 Å². The van der Waals surface area contributed by atoms with Crippen molar-refractivity contribution in [3.63, 3.8) is 0 Å². The lowest BCUT2D eigenvalue weighted by Crippen LogP contribution is -2.41. The van der Waals surface area contributed by atoms with Gasteiger partial charge < -0.3 is 19.9 Å². The third-order valence-corrected chi connectivity index (χ3v) is 4.38. The van der Waals surface area contributed by atoms with Crippen molar-refractivity contribution in [1.29, 1.82) is 0 Å². The first-order valence-electron chi connectivity index (χ1n) is 8.07. The molecule has 0 radical (unpaired) electrons. The molecule has 4 heteroatoms. The molecule has 1 saturated carbocycles. The average Bonchev–Trinajstić information content (AvgIpc) is 2.72. The first-order chi connectivity index (χ1) is 10.3. The van der Waals surface area contributed by atoms with E-state index < -0.39 is 5.60 Å². The van der Waals surface area contributed by atoms with Crippen LogP contribution in [-0.2, 0) is 6.54 Å². The van der Waals surface area contributed by atoms with Gasteiger partial charge in [0.25, 0.3) is 0 Å². The molecule has 2 aliphatic rings. The molecule has 0 aromatic heterocycles. The van der Waals surface area contributed by atoms with Gasteiger partial charge in [-0.15, -0.1) is 0 Å². The molecule has 1 aromatic rings. The minimum absolute atomic E-state index is 0.510. The second kappa shape index (κ2) is 6.67. The Labute approximate surface area is 126 Å². The van der Waals surface area contributed by atoms with Gasteiger partial charge in [-0.3, -0.25) is 0 Å². The quantitative estimate of drug-likeness (QED) is 0.895. The summed E-state index contributed by atoms with van der Waals surface area (Å²) in [7, 11) is 0. The van der Waals surface area contributed by atoms with Crippen LogP contribution in [0.4, 0.5) is 0 Å². The SMILES string of the molecule is OC1(CNCc2ccc3c(c2)OCCCO3)CCCCC1. The van der Waals surface area contributed by atoms with E-state index in [-0.39, 0.29) is 0 Å². The fraction of sp³-hybridized carbons (Fsp3) is 0.647. The molecule has 2 N–H and O–H groups in total. The van der Waals surface area contributed by atoms with Crippen LogP contribution in [0.2, 0.25) is 0 Å². The Morgan fingerprint density at radius 2 is 1.76 bits per heavy atom. The number of benzene rings is 1. The molecule has 0 unspecified atom stereocenters. The molecule has 1 aliphatic heterocycles. The average molecular weight is 291 g/mol. The van der Waals surface area contributed by atoms with Gasteiger partial charge in [0.15, 0.2) is 11.5 Å². The lowest BCUT2D eigenvalue weighted by molar-refractivity contribution is 0.00467. The number of fused-ring (bicyclic) bond motifs is 1. The fourth-order valence-corrected chi connectivity index (χ4v) is 3.14. The number of rotatable bonds is 4. The summed E-state index contributed by atoms with van der Waals surface area (Å²) in [6.45, 7) is 2.85. The molecule has 116 valence electrons. The van der Waals surface area contributed by atoms with Gasteiger partial charge in [0.05, 0.1) is 18.8 Å². The van der Waals surface area contributed by atoms with Gasteiger partial charge in [-0.05, 0) is 30.5 Å². The molecule has 21 heavy (non-hydrogen) atoms. The molecule has 0 bridgehead atoms. The Balaban J connectivity index is 1.54. The Morgan fingerprint density at radius 3 is 2.57 bits per heavy atom. The minimum atomic E-state index is -0.510. The maximum Gasteiger partial charge on any atom is 0.161 e. The Hall–Kier alpha value is -1.26. The van der Waals surface area contributed by atoms with Crippen molar-refractivity contribution in [2.45, 2.75) is 50.7 Å². The van der Waals surface area contributed by atoms with Gasteiger partial charge in [-0.25, -0.2) is 0 Å². The molecule has 1 heterocycles. The van der Waals surface area contributed by atoms with E-state index in [9.17, 15) is 5.11 Å². The van der Waals surface area contributed by atoms with Crippen LogP contribution >= 0.6 is 0 Å². The molecule has 0 amide bonds. The summed E-state index contributed by atoms with van der Waals surface area (Å²) in [5.41, 5.74) is 0.655. The van der Waals surface area contributed by atoms with Crippen molar-refractivity contribution in [3.05, 3.63) is 23.8 Å². The second-order valence-electron chi connectivity index (χ2n) is 6.22. The molecule has 1 aliphatic carbocycles. The number of ether oxygens (including phenoxy) is 2. The molecule has 0 saturated heterocycles. The van der Waals surface area contributed by atoms with Crippen LogP contribution < -0.4 is 14.8 Å². The van der Waals surface area contributed by atoms with E-state index in [1.807, 2.05) is 12.1 Å². The molecule has 3 rings (SSSR count). The van der Waals surface area contributed by atoms with Gasteiger partial charge in [-0.2, -0.15) is 0 Å². The Kier molecular flexibility index (Phi) is 4.66. The number of hydrogen-bond donors (Lipinski definition) is 2. The number of hydrogen-bond acceptors (Lipinski definition) is 4. The normalized spacial score (nSPS) is 20.8.